The number of fused-ring (bicyclic) bond motifs is 2. The van der Waals surface area contributed by atoms with Gasteiger partial charge in [0.2, 0.25) is 17.7 Å². The summed E-state index contributed by atoms with van der Waals surface area (Å²) in [6.07, 6.45) is -1.18. The Labute approximate surface area is 315 Å². The minimum absolute atomic E-state index is 0.0958. The molecule has 0 aliphatic carbocycles. The van der Waals surface area contributed by atoms with Crippen LogP contribution in [0.1, 0.15) is 66.5 Å². The molecular weight excluding hydrogens is 702 g/mol. The number of aliphatic hydroxyl groups is 2. The van der Waals surface area contributed by atoms with E-state index in [1.807, 2.05) is 0 Å². The van der Waals surface area contributed by atoms with E-state index >= 15 is 0 Å². The summed E-state index contributed by atoms with van der Waals surface area (Å²) in [6, 6.07) is 9.66. The van der Waals surface area contributed by atoms with Gasteiger partial charge in [0.05, 0.1) is 23.0 Å². The summed E-state index contributed by atoms with van der Waals surface area (Å²) < 4.78 is 9.82. The number of amides is 4. The summed E-state index contributed by atoms with van der Waals surface area (Å²) in [6.45, 7) is 14.6. The topological polar surface area (TPSA) is 256 Å². The van der Waals surface area contributed by atoms with Crippen molar-refractivity contribution in [2.24, 2.45) is 10.8 Å². The fourth-order valence-electron chi connectivity index (χ4n) is 4.85. The molecule has 2 unspecified atom stereocenters. The van der Waals surface area contributed by atoms with Crippen molar-refractivity contribution in [3.8, 4) is 0 Å². The fourth-order valence-corrected chi connectivity index (χ4v) is 4.85. The highest BCUT2D eigenvalue weighted by molar-refractivity contribution is 6.74. The lowest BCUT2D eigenvalue weighted by Crippen LogP contribution is -2.52. The molecule has 4 rings (SSSR count). The van der Waals surface area contributed by atoms with Gasteiger partial charge in [-0.05, 0) is 53.7 Å². The van der Waals surface area contributed by atoms with Gasteiger partial charge >= 0.3 is 13.5 Å². The third-order valence-corrected chi connectivity index (χ3v) is 9.15. The predicted molar refractivity (Wildman–Crippen MR) is 206 cm³/mol. The van der Waals surface area contributed by atoms with Gasteiger partial charge in [0.25, 0.3) is 5.91 Å². The summed E-state index contributed by atoms with van der Waals surface area (Å²) in [5, 5.41) is 67.5. The number of hydrogen-bond acceptors (Lipinski definition) is 12. The molecule has 4 amide bonds. The smallest absolute Gasteiger partial charge is 0.405 e. The molecule has 2 aromatic rings. The van der Waals surface area contributed by atoms with Gasteiger partial charge in [-0.3, -0.25) is 19.2 Å². The van der Waals surface area contributed by atoms with Gasteiger partial charge < -0.3 is 60.9 Å². The van der Waals surface area contributed by atoms with Crippen LogP contribution in [-0.2, 0) is 41.7 Å². The van der Waals surface area contributed by atoms with E-state index in [0.717, 1.165) is 0 Å². The van der Waals surface area contributed by atoms with Crippen LogP contribution in [-0.4, -0.2) is 92.7 Å². The van der Waals surface area contributed by atoms with Crippen LogP contribution in [0.3, 0.4) is 0 Å². The van der Waals surface area contributed by atoms with Crippen molar-refractivity contribution < 1.29 is 58.8 Å². The Hall–Kier alpha value is -4.39. The van der Waals surface area contributed by atoms with Crippen molar-refractivity contribution >= 4 is 59.4 Å². The van der Waals surface area contributed by atoms with Crippen molar-refractivity contribution in [2.75, 3.05) is 23.7 Å². The standard InChI is InChI=1S/C18H28BN2O6.C11H13BNO4.C7H13NO2/c1-11(22)9-20-15(23)17(2,3)18(4,5)16(24)21-13-7-6-12-10-27-19(25,26)14(12)8-13;1-7(2)11(14)13-9-4-3-8-6-17-12(15,16)10(8)5-9;1-5(2)7(10)8-4-6(3)9/h6-8,11,22,25-26H,9-10H2,1-5H3,(H,20,23)(H,21,24);3-5,15-16H,1,6H2,2H3,(H,13,14);6,9H,1,4H2,2-3H3,(H,8,10)/q2*-1;. The Morgan fingerprint density at radius 3 is 1.48 bits per heavy atom. The van der Waals surface area contributed by atoms with E-state index in [1.54, 1.807) is 79.7 Å². The summed E-state index contributed by atoms with van der Waals surface area (Å²) in [4.78, 5) is 47.6. The number of hydrogen-bond donors (Lipinski definition) is 10. The quantitative estimate of drug-likeness (QED) is 0.105. The minimum Gasteiger partial charge on any atom is -0.556 e. The number of benzene rings is 2. The molecule has 0 aromatic heterocycles. The molecule has 0 radical (unpaired) electrons. The van der Waals surface area contributed by atoms with Gasteiger partial charge in [0.1, 0.15) is 0 Å². The number of rotatable bonds is 11. The average molecular weight is 756 g/mol. The van der Waals surface area contributed by atoms with Crippen LogP contribution in [0.4, 0.5) is 11.4 Å². The summed E-state index contributed by atoms with van der Waals surface area (Å²) in [5.41, 5.74) is 1.46. The zero-order chi connectivity index (χ0) is 41.4. The molecule has 54 heavy (non-hydrogen) atoms. The van der Waals surface area contributed by atoms with E-state index in [9.17, 15) is 44.4 Å². The van der Waals surface area contributed by atoms with E-state index in [4.69, 9.17) is 14.4 Å². The molecule has 2 aliphatic rings. The monoisotopic (exact) mass is 756 g/mol. The molecule has 10 N–H and O–H groups in total. The van der Waals surface area contributed by atoms with Crippen molar-refractivity contribution in [3.63, 3.8) is 0 Å². The lowest BCUT2D eigenvalue weighted by atomic mass is 9.66. The maximum Gasteiger partial charge on any atom is 0.405 e. The molecule has 2 heterocycles. The minimum atomic E-state index is -3.07. The fraction of sp³-hybridized carbons (Fsp3) is 0.444. The van der Waals surface area contributed by atoms with Gasteiger partial charge in [-0.15, -0.1) is 10.9 Å². The lowest BCUT2D eigenvalue weighted by molar-refractivity contribution is -0.144. The predicted octanol–water partition coefficient (Wildman–Crippen LogP) is -0.243. The van der Waals surface area contributed by atoms with E-state index in [0.29, 0.717) is 39.1 Å². The number of anilines is 2. The second-order valence-electron chi connectivity index (χ2n) is 14.7. The highest BCUT2D eigenvalue weighted by atomic mass is 16.6. The summed E-state index contributed by atoms with van der Waals surface area (Å²) >= 11 is 0. The molecule has 0 saturated carbocycles. The third-order valence-electron chi connectivity index (χ3n) is 9.15. The zero-order valence-electron chi connectivity index (χ0n) is 32.1. The molecule has 0 saturated heterocycles. The zero-order valence-corrected chi connectivity index (χ0v) is 32.1. The molecule has 0 fully saturated rings. The first-order valence-corrected chi connectivity index (χ1v) is 17.3. The molecule has 16 nitrogen and oxygen atoms in total. The van der Waals surface area contributed by atoms with E-state index < -0.39 is 42.5 Å². The second-order valence-corrected chi connectivity index (χ2v) is 14.7. The van der Waals surface area contributed by atoms with Crippen LogP contribution >= 0.6 is 0 Å². The second kappa shape index (κ2) is 18.3. The van der Waals surface area contributed by atoms with Gasteiger partial charge in [-0.25, -0.2) is 0 Å². The Bertz CT molecular complexity index is 1740. The first-order chi connectivity index (χ1) is 24.7. The van der Waals surface area contributed by atoms with Gasteiger partial charge in [0.15, 0.2) is 0 Å². The van der Waals surface area contributed by atoms with Crippen molar-refractivity contribution in [2.45, 2.75) is 80.8 Å². The van der Waals surface area contributed by atoms with Crippen LogP contribution in [0.5, 0.6) is 0 Å². The highest BCUT2D eigenvalue weighted by Crippen LogP contribution is 2.40. The Morgan fingerprint density at radius 2 is 1.07 bits per heavy atom. The van der Waals surface area contributed by atoms with E-state index in [2.05, 4.69) is 34.4 Å². The normalized spacial score (nSPS) is 16.0. The number of carbonyl (C=O) groups excluding carboxylic acids is 4. The Balaban J connectivity index is 0.000000317. The summed E-state index contributed by atoms with van der Waals surface area (Å²) in [5.74, 6) is -1.26. The molecule has 2 atom stereocenters. The van der Waals surface area contributed by atoms with Crippen LogP contribution in [0.25, 0.3) is 0 Å². The number of nitrogens with one attached hydrogen (secondary N) is 4. The Kier molecular flexibility index (Phi) is 15.5. The SMILES string of the molecule is C=C(C)C(=O)NCC(C)O.C=C(C)C(=O)Nc1ccc2c(c1)[B-](O)(O)OC2.CC(O)CNC(=O)C(C)(C)C(C)(C)C(=O)Nc1ccc2c(c1)[B-](O)(O)OC2. The van der Waals surface area contributed by atoms with Crippen molar-refractivity contribution in [1.29, 1.82) is 0 Å². The Morgan fingerprint density at radius 1 is 0.685 bits per heavy atom. The van der Waals surface area contributed by atoms with Crippen molar-refractivity contribution in [3.05, 3.63) is 71.8 Å². The molecule has 0 bridgehead atoms. The largest absolute Gasteiger partial charge is 0.556 e. The lowest BCUT2D eigenvalue weighted by Gasteiger charge is -2.39. The molecular formula is C36H54B2N4O12-2. The van der Waals surface area contributed by atoms with Crippen molar-refractivity contribution in [1.82, 2.24) is 10.6 Å². The third kappa shape index (κ3) is 12.1. The molecule has 2 aliphatic heterocycles. The number of carbonyl (C=O) groups is 4. The molecule has 18 heteroatoms. The van der Waals surface area contributed by atoms with Crippen LogP contribution in [0, 0.1) is 10.8 Å². The first kappa shape index (κ1) is 45.8. The summed E-state index contributed by atoms with van der Waals surface area (Å²) in [7, 11) is 0. The highest BCUT2D eigenvalue weighted by Gasteiger charge is 2.48. The van der Waals surface area contributed by atoms with Crippen LogP contribution < -0.4 is 32.2 Å². The van der Waals surface area contributed by atoms with Crippen LogP contribution in [0.15, 0.2) is 60.7 Å². The molecule has 298 valence electrons. The number of aliphatic hydroxyl groups excluding tert-OH is 2. The van der Waals surface area contributed by atoms with Gasteiger partial charge in [0, 0.05) is 48.8 Å². The van der Waals surface area contributed by atoms with E-state index in [-0.39, 0.29) is 49.5 Å². The van der Waals surface area contributed by atoms with Gasteiger partial charge in [-0.2, -0.15) is 0 Å². The average Bonchev–Trinajstić information content (AvgIpc) is 3.55. The van der Waals surface area contributed by atoms with E-state index in [1.165, 1.54) is 12.1 Å². The maximum atomic E-state index is 12.9. The molecule has 2 aromatic carbocycles. The molecule has 0 spiro atoms. The van der Waals surface area contributed by atoms with Crippen LogP contribution in [0.2, 0.25) is 0 Å². The van der Waals surface area contributed by atoms with Gasteiger partial charge in [-0.1, -0.05) is 62.4 Å². The maximum absolute atomic E-state index is 12.9. The first-order valence-electron chi connectivity index (χ1n) is 17.3.